The molecular formula is C21H28ClN3O2. The van der Waals surface area contributed by atoms with Gasteiger partial charge in [-0.1, -0.05) is 30.3 Å². The number of likely N-dealkylation sites (tertiary alicyclic amines) is 1. The number of hydrogen-bond donors (Lipinski definition) is 2. The van der Waals surface area contributed by atoms with E-state index < -0.39 is 0 Å². The summed E-state index contributed by atoms with van der Waals surface area (Å²) in [5.41, 5.74) is 8.07. The van der Waals surface area contributed by atoms with Crippen LogP contribution in [0.3, 0.4) is 0 Å². The van der Waals surface area contributed by atoms with E-state index in [-0.39, 0.29) is 18.3 Å². The molecule has 3 rings (SSSR count). The van der Waals surface area contributed by atoms with Gasteiger partial charge in [0.25, 0.3) is 0 Å². The average Bonchev–Trinajstić information content (AvgIpc) is 3.07. The van der Waals surface area contributed by atoms with E-state index in [0.29, 0.717) is 31.5 Å². The molecule has 27 heavy (non-hydrogen) atoms. The highest BCUT2D eigenvalue weighted by molar-refractivity contribution is 5.92. The molecule has 1 heterocycles. The summed E-state index contributed by atoms with van der Waals surface area (Å²) < 4.78 is 5.42. The zero-order valence-electron chi connectivity index (χ0n) is 15.6. The van der Waals surface area contributed by atoms with Gasteiger partial charge >= 0.3 is 0 Å². The van der Waals surface area contributed by atoms with Crippen molar-refractivity contribution in [1.29, 1.82) is 0 Å². The number of nitrogens with one attached hydrogen (secondary N) is 1. The molecule has 3 N–H and O–H groups in total. The van der Waals surface area contributed by atoms with Crippen molar-refractivity contribution in [1.82, 2.24) is 4.90 Å². The van der Waals surface area contributed by atoms with Crippen LogP contribution in [-0.4, -0.2) is 43.6 Å². The summed E-state index contributed by atoms with van der Waals surface area (Å²) in [5.74, 6) is 1.58. The predicted octanol–water partition coefficient (Wildman–Crippen LogP) is 3.12. The van der Waals surface area contributed by atoms with Gasteiger partial charge in [-0.3, -0.25) is 9.69 Å². The molecule has 2 aromatic carbocycles. The third kappa shape index (κ3) is 5.70. The van der Waals surface area contributed by atoms with Crippen molar-refractivity contribution in [3.8, 4) is 5.75 Å². The van der Waals surface area contributed by atoms with E-state index in [0.717, 1.165) is 24.5 Å². The fourth-order valence-electron chi connectivity index (χ4n) is 3.61. The highest BCUT2D eigenvalue weighted by Crippen LogP contribution is 2.31. The van der Waals surface area contributed by atoms with Crippen LogP contribution in [-0.2, 0) is 4.79 Å². The van der Waals surface area contributed by atoms with Gasteiger partial charge in [0.05, 0.1) is 13.2 Å². The Hall–Kier alpha value is -2.08. The first kappa shape index (κ1) is 21.2. The SMILES string of the molecule is CCOc1ccc(NC(=O)CN2C[C@@H](CN)[C@H](c3ccccc3)C2)cc1.Cl. The van der Waals surface area contributed by atoms with Crippen LogP contribution in [0, 0.1) is 5.92 Å². The summed E-state index contributed by atoms with van der Waals surface area (Å²) in [5, 5.41) is 2.96. The Morgan fingerprint density at radius 2 is 1.85 bits per heavy atom. The Morgan fingerprint density at radius 1 is 1.15 bits per heavy atom. The maximum absolute atomic E-state index is 12.4. The first-order valence-corrected chi connectivity index (χ1v) is 9.19. The van der Waals surface area contributed by atoms with Crippen molar-refractivity contribution in [3.63, 3.8) is 0 Å². The zero-order valence-corrected chi connectivity index (χ0v) is 16.5. The topological polar surface area (TPSA) is 67.6 Å². The van der Waals surface area contributed by atoms with Crippen molar-refractivity contribution >= 4 is 24.0 Å². The summed E-state index contributed by atoms with van der Waals surface area (Å²) in [4.78, 5) is 14.6. The monoisotopic (exact) mass is 389 g/mol. The number of carbonyl (C=O) groups is 1. The lowest BCUT2D eigenvalue weighted by atomic mass is 9.89. The van der Waals surface area contributed by atoms with Crippen molar-refractivity contribution in [2.45, 2.75) is 12.8 Å². The van der Waals surface area contributed by atoms with E-state index in [1.807, 2.05) is 37.3 Å². The Balaban J connectivity index is 0.00000261. The number of ether oxygens (including phenoxy) is 1. The Morgan fingerprint density at radius 3 is 2.48 bits per heavy atom. The van der Waals surface area contributed by atoms with Crippen molar-refractivity contribution in [2.75, 3.05) is 38.1 Å². The number of hydrogen-bond acceptors (Lipinski definition) is 4. The minimum atomic E-state index is -0.00126. The van der Waals surface area contributed by atoms with Gasteiger partial charge in [-0.15, -0.1) is 12.4 Å². The van der Waals surface area contributed by atoms with Crippen LogP contribution in [0.4, 0.5) is 5.69 Å². The van der Waals surface area contributed by atoms with Crippen molar-refractivity contribution in [3.05, 3.63) is 60.2 Å². The van der Waals surface area contributed by atoms with Crippen LogP contribution in [0.15, 0.2) is 54.6 Å². The standard InChI is InChI=1S/C21H27N3O2.ClH/c1-2-26-19-10-8-18(9-11-19)23-21(25)15-24-13-17(12-22)20(14-24)16-6-4-3-5-7-16;/h3-11,17,20H,2,12-15,22H2,1H3,(H,23,25);1H/t17-,20+;/m1./s1. The van der Waals surface area contributed by atoms with Gasteiger partial charge in [0.2, 0.25) is 5.91 Å². The van der Waals surface area contributed by atoms with Crippen LogP contribution >= 0.6 is 12.4 Å². The fourth-order valence-corrected chi connectivity index (χ4v) is 3.61. The number of nitrogens with two attached hydrogens (primary N) is 1. The molecule has 1 aliphatic heterocycles. The molecule has 5 nitrogen and oxygen atoms in total. The minimum Gasteiger partial charge on any atom is -0.494 e. The molecule has 0 radical (unpaired) electrons. The molecule has 0 saturated carbocycles. The Labute approximate surface area is 167 Å². The summed E-state index contributed by atoms with van der Waals surface area (Å²) in [6.45, 7) is 5.31. The molecule has 146 valence electrons. The van der Waals surface area contributed by atoms with Crippen LogP contribution in [0.2, 0.25) is 0 Å². The van der Waals surface area contributed by atoms with Gasteiger partial charge in [-0.05, 0) is 49.2 Å². The predicted molar refractivity (Wildman–Crippen MR) is 112 cm³/mol. The fraction of sp³-hybridized carbons (Fsp3) is 0.381. The highest BCUT2D eigenvalue weighted by atomic mass is 35.5. The van der Waals surface area contributed by atoms with Gasteiger partial charge in [-0.25, -0.2) is 0 Å². The maximum atomic E-state index is 12.4. The average molecular weight is 390 g/mol. The third-order valence-corrected chi connectivity index (χ3v) is 4.86. The summed E-state index contributed by atoms with van der Waals surface area (Å²) >= 11 is 0. The van der Waals surface area contributed by atoms with Crippen LogP contribution in [0.1, 0.15) is 18.4 Å². The van der Waals surface area contributed by atoms with E-state index in [4.69, 9.17) is 10.5 Å². The van der Waals surface area contributed by atoms with E-state index in [1.165, 1.54) is 5.56 Å². The quantitative estimate of drug-likeness (QED) is 0.763. The molecule has 2 atom stereocenters. The molecule has 0 aliphatic carbocycles. The molecule has 2 aromatic rings. The second kappa shape index (κ2) is 10.3. The Bertz CT molecular complexity index is 709. The first-order valence-electron chi connectivity index (χ1n) is 9.19. The van der Waals surface area contributed by atoms with E-state index in [2.05, 4.69) is 34.5 Å². The number of halogens is 1. The largest absolute Gasteiger partial charge is 0.494 e. The number of rotatable bonds is 7. The lowest BCUT2D eigenvalue weighted by molar-refractivity contribution is -0.117. The van der Waals surface area contributed by atoms with E-state index in [1.54, 1.807) is 0 Å². The van der Waals surface area contributed by atoms with Gasteiger partial charge in [0, 0.05) is 24.7 Å². The number of benzene rings is 2. The number of carbonyl (C=O) groups excluding carboxylic acids is 1. The second-order valence-corrected chi connectivity index (χ2v) is 6.71. The van der Waals surface area contributed by atoms with Gasteiger partial charge in [-0.2, -0.15) is 0 Å². The van der Waals surface area contributed by atoms with Crippen molar-refractivity contribution in [2.24, 2.45) is 11.7 Å². The van der Waals surface area contributed by atoms with Crippen molar-refractivity contribution < 1.29 is 9.53 Å². The Kier molecular flexibility index (Phi) is 8.10. The molecule has 0 bridgehead atoms. The van der Waals surface area contributed by atoms with E-state index >= 15 is 0 Å². The normalized spacial score (nSPS) is 19.3. The lowest BCUT2D eigenvalue weighted by Gasteiger charge is -2.16. The van der Waals surface area contributed by atoms with Gasteiger partial charge in [0.1, 0.15) is 5.75 Å². The number of nitrogens with zero attached hydrogens (tertiary/aromatic N) is 1. The van der Waals surface area contributed by atoms with Gasteiger partial charge in [0.15, 0.2) is 0 Å². The molecule has 0 aromatic heterocycles. The van der Waals surface area contributed by atoms with Gasteiger partial charge < -0.3 is 15.8 Å². The molecule has 1 aliphatic rings. The molecule has 0 spiro atoms. The molecule has 1 fully saturated rings. The molecule has 6 heteroatoms. The van der Waals surface area contributed by atoms with Crippen LogP contribution < -0.4 is 15.8 Å². The second-order valence-electron chi connectivity index (χ2n) is 6.71. The molecular weight excluding hydrogens is 362 g/mol. The smallest absolute Gasteiger partial charge is 0.238 e. The van der Waals surface area contributed by atoms with E-state index in [9.17, 15) is 4.79 Å². The van der Waals surface area contributed by atoms with Crippen LogP contribution in [0.25, 0.3) is 0 Å². The summed E-state index contributed by atoms with van der Waals surface area (Å²) in [6, 6.07) is 17.9. The number of amides is 1. The minimum absolute atomic E-state index is 0. The molecule has 1 saturated heterocycles. The lowest BCUT2D eigenvalue weighted by Crippen LogP contribution is -2.32. The number of anilines is 1. The maximum Gasteiger partial charge on any atom is 0.238 e. The summed E-state index contributed by atoms with van der Waals surface area (Å²) in [7, 11) is 0. The third-order valence-electron chi connectivity index (χ3n) is 4.86. The first-order chi connectivity index (χ1) is 12.7. The molecule has 0 unspecified atom stereocenters. The summed E-state index contributed by atoms with van der Waals surface area (Å²) in [6.07, 6.45) is 0. The zero-order chi connectivity index (χ0) is 18.4. The highest BCUT2D eigenvalue weighted by Gasteiger charge is 2.33. The van der Waals surface area contributed by atoms with Crippen LogP contribution in [0.5, 0.6) is 5.75 Å². The molecule has 1 amide bonds.